The van der Waals surface area contributed by atoms with Gasteiger partial charge in [0.15, 0.2) is 0 Å². The smallest absolute Gasteiger partial charge is 0.0638 e. The van der Waals surface area contributed by atoms with Crippen molar-refractivity contribution in [3.63, 3.8) is 0 Å². The van der Waals surface area contributed by atoms with Gasteiger partial charge in [-0.2, -0.15) is 17.9 Å². The minimum Gasteiger partial charge on any atom is -0.302 e. The van der Waals surface area contributed by atoms with Crippen molar-refractivity contribution in [1.29, 1.82) is 5.26 Å². The molecule has 13 heavy (non-hydrogen) atoms. The quantitative estimate of drug-likeness (QED) is 0.689. The van der Waals surface area contributed by atoms with E-state index in [-0.39, 0.29) is 5.41 Å². The lowest BCUT2D eigenvalue weighted by atomic mass is 9.95. The number of hydrogen-bond donors (Lipinski definition) is 1. The van der Waals surface area contributed by atoms with E-state index in [9.17, 15) is 0 Å². The highest BCUT2D eigenvalue weighted by molar-refractivity contribution is 7.80. The number of hydrogen-bond acceptors (Lipinski definition) is 3. The highest BCUT2D eigenvalue weighted by atomic mass is 32.1. The van der Waals surface area contributed by atoms with E-state index in [0.717, 1.165) is 12.3 Å². The van der Waals surface area contributed by atoms with E-state index in [1.54, 1.807) is 0 Å². The molecule has 0 rings (SSSR count). The molecule has 0 aromatic heterocycles. The molecule has 1 atom stereocenters. The SMILES string of the molecule is CC(CC#N)N(C)CC(C)(C)CS. The molecule has 0 aliphatic carbocycles. The van der Waals surface area contributed by atoms with Crippen molar-refractivity contribution in [1.82, 2.24) is 4.90 Å². The summed E-state index contributed by atoms with van der Waals surface area (Å²) in [5.41, 5.74) is 0.224. The molecule has 0 radical (unpaired) electrons. The summed E-state index contributed by atoms with van der Waals surface area (Å²) in [5.74, 6) is 0.872. The van der Waals surface area contributed by atoms with Crippen LogP contribution < -0.4 is 0 Å². The van der Waals surface area contributed by atoms with Crippen LogP contribution in [-0.2, 0) is 0 Å². The Hall–Kier alpha value is -0.200. The molecule has 2 nitrogen and oxygen atoms in total. The average molecular weight is 200 g/mol. The number of thiol groups is 1. The summed E-state index contributed by atoms with van der Waals surface area (Å²) in [6, 6.07) is 2.53. The fourth-order valence-electron chi connectivity index (χ4n) is 1.17. The Kier molecular flexibility index (Phi) is 5.43. The van der Waals surface area contributed by atoms with Gasteiger partial charge in [0.1, 0.15) is 0 Å². The Balaban J connectivity index is 4.00. The molecule has 0 N–H and O–H groups in total. The molecule has 0 bridgehead atoms. The highest BCUT2D eigenvalue weighted by Crippen LogP contribution is 2.19. The Morgan fingerprint density at radius 1 is 1.54 bits per heavy atom. The van der Waals surface area contributed by atoms with E-state index in [1.807, 2.05) is 0 Å². The molecule has 1 unspecified atom stereocenters. The second kappa shape index (κ2) is 5.51. The Bertz CT molecular complexity index is 184. The van der Waals surface area contributed by atoms with Crippen molar-refractivity contribution in [3.8, 4) is 6.07 Å². The van der Waals surface area contributed by atoms with Crippen molar-refractivity contribution in [2.75, 3.05) is 19.3 Å². The van der Waals surface area contributed by atoms with Crippen LogP contribution in [0.1, 0.15) is 27.2 Å². The van der Waals surface area contributed by atoms with Crippen LogP contribution in [0.15, 0.2) is 0 Å². The topological polar surface area (TPSA) is 27.0 Å². The zero-order valence-corrected chi connectivity index (χ0v) is 9.93. The van der Waals surface area contributed by atoms with Gasteiger partial charge >= 0.3 is 0 Å². The van der Waals surface area contributed by atoms with Crippen LogP contribution >= 0.6 is 12.6 Å². The first-order valence-electron chi connectivity index (χ1n) is 4.61. The molecule has 3 heteroatoms. The summed E-state index contributed by atoms with van der Waals surface area (Å²) in [6.45, 7) is 7.45. The summed E-state index contributed by atoms with van der Waals surface area (Å²) < 4.78 is 0. The minimum absolute atomic E-state index is 0.224. The highest BCUT2D eigenvalue weighted by Gasteiger charge is 2.20. The average Bonchev–Trinajstić information content (AvgIpc) is 2.04. The van der Waals surface area contributed by atoms with Crippen LogP contribution in [0.2, 0.25) is 0 Å². The summed E-state index contributed by atoms with van der Waals surface area (Å²) >= 11 is 4.30. The van der Waals surface area contributed by atoms with Crippen LogP contribution in [0.3, 0.4) is 0 Å². The van der Waals surface area contributed by atoms with Gasteiger partial charge in [-0.3, -0.25) is 0 Å². The first kappa shape index (κ1) is 12.8. The molecule has 0 aromatic rings. The van der Waals surface area contributed by atoms with E-state index >= 15 is 0 Å². The van der Waals surface area contributed by atoms with Gasteiger partial charge in [0.25, 0.3) is 0 Å². The lowest BCUT2D eigenvalue weighted by molar-refractivity contribution is 0.186. The fraction of sp³-hybridized carbons (Fsp3) is 0.900. The number of rotatable bonds is 5. The van der Waals surface area contributed by atoms with Crippen molar-refractivity contribution in [2.45, 2.75) is 33.2 Å². The summed E-state index contributed by atoms with van der Waals surface area (Å²) in [4.78, 5) is 2.22. The lowest BCUT2D eigenvalue weighted by Gasteiger charge is -2.31. The van der Waals surface area contributed by atoms with E-state index in [2.05, 4.69) is 51.4 Å². The third-order valence-corrected chi connectivity index (χ3v) is 3.10. The van der Waals surface area contributed by atoms with E-state index in [4.69, 9.17) is 5.26 Å². The molecular weight excluding hydrogens is 180 g/mol. The molecule has 0 fully saturated rings. The molecule has 0 aliphatic rings. The monoisotopic (exact) mass is 200 g/mol. The van der Waals surface area contributed by atoms with Gasteiger partial charge in [-0.25, -0.2) is 0 Å². The van der Waals surface area contributed by atoms with E-state index in [1.165, 1.54) is 0 Å². The standard InChI is InChI=1S/C10H20N2S/c1-9(5-6-11)12(4)7-10(2,3)8-13/h9,13H,5,7-8H2,1-4H3. The molecule has 0 amide bonds. The minimum atomic E-state index is 0.224. The molecule has 76 valence electrons. The van der Waals surface area contributed by atoms with Crippen LogP contribution in [0.5, 0.6) is 0 Å². The van der Waals surface area contributed by atoms with E-state index < -0.39 is 0 Å². The third kappa shape index (κ3) is 5.17. The van der Waals surface area contributed by atoms with Gasteiger partial charge in [0.2, 0.25) is 0 Å². The van der Waals surface area contributed by atoms with Crippen molar-refractivity contribution < 1.29 is 0 Å². The molecular formula is C10H20N2S. The summed E-state index contributed by atoms with van der Waals surface area (Å²) in [5, 5.41) is 8.55. The second-order valence-corrected chi connectivity index (χ2v) is 4.76. The zero-order chi connectivity index (χ0) is 10.5. The zero-order valence-electron chi connectivity index (χ0n) is 9.04. The summed E-state index contributed by atoms with van der Waals surface area (Å²) in [7, 11) is 2.06. The van der Waals surface area contributed by atoms with Gasteiger partial charge in [-0.05, 0) is 25.1 Å². The molecule has 0 saturated heterocycles. The van der Waals surface area contributed by atoms with Crippen molar-refractivity contribution in [2.24, 2.45) is 5.41 Å². The van der Waals surface area contributed by atoms with Crippen LogP contribution in [0.4, 0.5) is 0 Å². The maximum Gasteiger partial charge on any atom is 0.0638 e. The number of nitrogens with zero attached hydrogens (tertiary/aromatic N) is 2. The van der Waals surface area contributed by atoms with Crippen molar-refractivity contribution >= 4 is 12.6 Å². The van der Waals surface area contributed by atoms with Crippen LogP contribution in [0.25, 0.3) is 0 Å². The van der Waals surface area contributed by atoms with Gasteiger partial charge in [-0.1, -0.05) is 13.8 Å². The molecule has 0 saturated carbocycles. The maximum absolute atomic E-state index is 8.55. The van der Waals surface area contributed by atoms with Crippen molar-refractivity contribution in [3.05, 3.63) is 0 Å². The molecule has 0 heterocycles. The predicted octanol–water partition coefficient (Wildman–Crippen LogP) is 2.18. The second-order valence-electron chi connectivity index (χ2n) is 4.45. The van der Waals surface area contributed by atoms with Gasteiger partial charge in [0, 0.05) is 12.6 Å². The number of nitriles is 1. The Morgan fingerprint density at radius 3 is 2.46 bits per heavy atom. The predicted molar refractivity (Wildman–Crippen MR) is 60.0 cm³/mol. The third-order valence-electron chi connectivity index (χ3n) is 2.24. The van der Waals surface area contributed by atoms with Gasteiger partial charge in [0.05, 0.1) is 12.5 Å². The normalized spacial score (nSPS) is 14.2. The first-order valence-corrected chi connectivity index (χ1v) is 5.24. The van der Waals surface area contributed by atoms with Gasteiger partial charge < -0.3 is 4.90 Å². The van der Waals surface area contributed by atoms with Crippen LogP contribution in [-0.4, -0.2) is 30.3 Å². The lowest BCUT2D eigenvalue weighted by Crippen LogP contribution is -2.38. The molecule has 0 spiro atoms. The van der Waals surface area contributed by atoms with E-state index in [0.29, 0.717) is 12.5 Å². The largest absolute Gasteiger partial charge is 0.302 e. The Morgan fingerprint density at radius 2 is 2.08 bits per heavy atom. The molecule has 0 aliphatic heterocycles. The first-order chi connectivity index (χ1) is 5.93. The maximum atomic E-state index is 8.55. The summed E-state index contributed by atoms with van der Waals surface area (Å²) in [6.07, 6.45) is 0.596. The Labute approximate surface area is 87.3 Å². The molecule has 0 aromatic carbocycles. The fourth-order valence-corrected chi connectivity index (χ4v) is 1.27. The van der Waals surface area contributed by atoms with Crippen LogP contribution in [0, 0.1) is 16.7 Å². The van der Waals surface area contributed by atoms with Gasteiger partial charge in [-0.15, -0.1) is 0 Å².